The maximum Gasteiger partial charge on any atom is 0.416 e. The molecule has 1 aliphatic heterocycles. The minimum absolute atomic E-state index is 0.302. The first-order valence-corrected chi connectivity index (χ1v) is 7.93. The molecule has 0 aliphatic carbocycles. The van der Waals surface area contributed by atoms with Gasteiger partial charge in [0.05, 0.1) is 12.0 Å². The molecule has 0 fully saturated rings. The van der Waals surface area contributed by atoms with Gasteiger partial charge in [0.1, 0.15) is 5.75 Å². The van der Waals surface area contributed by atoms with Gasteiger partial charge in [-0.15, -0.1) is 10.2 Å². The predicted molar refractivity (Wildman–Crippen MR) is 87.7 cm³/mol. The average molecular weight is 375 g/mol. The minimum Gasteiger partial charge on any atom is -0.440 e. The van der Waals surface area contributed by atoms with E-state index in [0.29, 0.717) is 35.1 Å². The fraction of sp³-hybridized carbons (Fsp3) is 0.167. The van der Waals surface area contributed by atoms with Gasteiger partial charge in [-0.1, -0.05) is 23.4 Å². The van der Waals surface area contributed by atoms with Gasteiger partial charge in [0.2, 0.25) is 18.2 Å². The van der Waals surface area contributed by atoms with E-state index in [0.717, 1.165) is 12.1 Å². The van der Waals surface area contributed by atoms with E-state index in [4.69, 9.17) is 14.0 Å². The highest BCUT2D eigenvalue weighted by atomic mass is 19.4. The van der Waals surface area contributed by atoms with Gasteiger partial charge < -0.3 is 14.0 Å². The Hall–Kier alpha value is -3.36. The van der Waals surface area contributed by atoms with Crippen molar-refractivity contribution in [3.05, 3.63) is 66.1 Å². The van der Waals surface area contributed by atoms with Crippen molar-refractivity contribution in [2.45, 2.75) is 18.7 Å². The Bertz CT molecular complexity index is 954. The highest BCUT2D eigenvalue weighted by molar-refractivity contribution is 5.80. The van der Waals surface area contributed by atoms with Crippen molar-refractivity contribution < 1.29 is 27.2 Å². The summed E-state index contributed by atoms with van der Waals surface area (Å²) in [5, 5.41) is 11.3. The number of hydrogen-bond acceptors (Lipinski definition) is 6. The van der Waals surface area contributed by atoms with Gasteiger partial charge in [0.25, 0.3) is 0 Å². The maximum absolute atomic E-state index is 12.6. The predicted octanol–water partition coefficient (Wildman–Crippen LogP) is 4.61. The Morgan fingerprint density at radius 2 is 1.89 bits per heavy atom. The lowest BCUT2D eigenvalue weighted by Gasteiger charge is -2.11. The van der Waals surface area contributed by atoms with Gasteiger partial charge in [0, 0.05) is 5.56 Å². The number of nitrogens with zero attached hydrogens (tertiary/aromatic N) is 3. The fourth-order valence-corrected chi connectivity index (χ4v) is 2.61. The molecular formula is C18H12F3N3O3. The van der Waals surface area contributed by atoms with Gasteiger partial charge in [-0.2, -0.15) is 13.2 Å². The second-order valence-corrected chi connectivity index (χ2v) is 5.78. The number of halogens is 3. The quantitative estimate of drug-likeness (QED) is 0.669. The molecule has 1 atom stereocenters. The van der Waals surface area contributed by atoms with Crippen LogP contribution in [0.5, 0.6) is 5.75 Å². The molecule has 0 N–H and O–H groups in total. The third-order valence-corrected chi connectivity index (χ3v) is 3.93. The van der Waals surface area contributed by atoms with Crippen molar-refractivity contribution in [3.8, 4) is 17.2 Å². The van der Waals surface area contributed by atoms with E-state index < -0.39 is 17.8 Å². The lowest BCUT2D eigenvalue weighted by atomic mass is 10.0. The molecule has 2 aromatic carbocycles. The van der Waals surface area contributed by atoms with Crippen molar-refractivity contribution in [2.75, 3.05) is 0 Å². The number of hydrogen-bond donors (Lipinski definition) is 0. The molecule has 0 radical (unpaired) electrons. The normalized spacial score (nSPS) is 16.7. The molecule has 0 saturated carbocycles. The molecule has 138 valence electrons. The number of rotatable bonds is 3. The summed E-state index contributed by atoms with van der Waals surface area (Å²) in [6, 6.07) is 11.8. The zero-order valence-electron chi connectivity index (χ0n) is 13.7. The first-order chi connectivity index (χ1) is 13.0. The van der Waals surface area contributed by atoms with Crippen molar-refractivity contribution in [1.29, 1.82) is 0 Å². The molecule has 6 nitrogen and oxygen atoms in total. The van der Waals surface area contributed by atoms with E-state index in [1.54, 1.807) is 24.3 Å². The smallest absolute Gasteiger partial charge is 0.416 e. The second kappa shape index (κ2) is 6.75. The van der Waals surface area contributed by atoms with Crippen LogP contribution in [0.2, 0.25) is 0 Å². The van der Waals surface area contributed by atoms with Gasteiger partial charge in [-0.05, 0) is 35.9 Å². The molecule has 1 aromatic heterocycles. The van der Waals surface area contributed by atoms with Crippen LogP contribution < -0.4 is 4.74 Å². The Labute approximate surface area is 151 Å². The van der Waals surface area contributed by atoms with E-state index in [-0.39, 0.29) is 0 Å². The van der Waals surface area contributed by atoms with E-state index in [1.807, 2.05) is 0 Å². The van der Waals surface area contributed by atoms with Crippen LogP contribution in [-0.4, -0.2) is 16.1 Å². The van der Waals surface area contributed by atoms with Crippen LogP contribution in [0.4, 0.5) is 13.2 Å². The summed E-state index contributed by atoms with van der Waals surface area (Å²) < 4.78 is 48.8. The summed E-state index contributed by atoms with van der Waals surface area (Å²) in [5.74, 6) is 1.18. The van der Waals surface area contributed by atoms with Crippen molar-refractivity contribution >= 4 is 5.90 Å². The Morgan fingerprint density at radius 1 is 1.07 bits per heavy atom. The summed E-state index contributed by atoms with van der Waals surface area (Å²) in [4.78, 5) is 5.29. The van der Waals surface area contributed by atoms with E-state index in [9.17, 15) is 13.2 Å². The Kier molecular flexibility index (Phi) is 4.27. The summed E-state index contributed by atoms with van der Waals surface area (Å²) in [6.45, 7) is 0. The molecule has 2 heterocycles. The maximum atomic E-state index is 12.6. The third-order valence-electron chi connectivity index (χ3n) is 3.93. The molecule has 0 saturated heterocycles. The number of ether oxygens (including phenoxy) is 1. The van der Waals surface area contributed by atoms with Crippen molar-refractivity contribution in [3.63, 3.8) is 0 Å². The standard InChI is InChI=1S/C18H12F3N3O3/c19-18(20,21)13-6-4-11(5-7-13)15-9-16(24-27-15)26-14-3-1-2-12(8-14)17-23-22-10-25-17/h1-8,10,15H,9H2. The van der Waals surface area contributed by atoms with Crippen molar-refractivity contribution in [2.24, 2.45) is 5.16 Å². The molecule has 1 unspecified atom stereocenters. The molecule has 0 bridgehead atoms. The first kappa shape index (κ1) is 17.1. The number of aromatic nitrogens is 2. The van der Waals surface area contributed by atoms with Crippen LogP contribution in [0.25, 0.3) is 11.5 Å². The van der Waals surface area contributed by atoms with E-state index in [1.165, 1.54) is 18.5 Å². The molecule has 1 aliphatic rings. The summed E-state index contributed by atoms with van der Waals surface area (Å²) >= 11 is 0. The van der Waals surface area contributed by atoms with E-state index in [2.05, 4.69) is 15.4 Å². The average Bonchev–Trinajstić information content (AvgIpc) is 3.33. The number of oxime groups is 1. The van der Waals surface area contributed by atoms with Crippen LogP contribution >= 0.6 is 0 Å². The zero-order valence-corrected chi connectivity index (χ0v) is 13.7. The molecular weight excluding hydrogens is 363 g/mol. The highest BCUT2D eigenvalue weighted by Gasteiger charge is 2.31. The van der Waals surface area contributed by atoms with Crippen LogP contribution in [0.3, 0.4) is 0 Å². The van der Waals surface area contributed by atoms with Crippen LogP contribution in [0, 0.1) is 0 Å². The summed E-state index contributed by atoms with van der Waals surface area (Å²) in [6.07, 6.45) is -3.34. The van der Waals surface area contributed by atoms with Gasteiger partial charge in [-0.25, -0.2) is 0 Å². The van der Waals surface area contributed by atoms with Gasteiger partial charge in [-0.3, -0.25) is 0 Å². The molecule has 4 rings (SSSR count). The lowest BCUT2D eigenvalue weighted by Crippen LogP contribution is -2.08. The van der Waals surface area contributed by atoms with Crippen LogP contribution in [0.1, 0.15) is 23.7 Å². The Balaban J connectivity index is 1.42. The molecule has 0 spiro atoms. The highest BCUT2D eigenvalue weighted by Crippen LogP contribution is 2.33. The van der Waals surface area contributed by atoms with E-state index >= 15 is 0 Å². The first-order valence-electron chi connectivity index (χ1n) is 7.93. The molecule has 3 aromatic rings. The third kappa shape index (κ3) is 3.76. The molecule has 0 amide bonds. The largest absolute Gasteiger partial charge is 0.440 e. The lowest BCUT2D eigenvalue weighted by molar-refractivity contribution is -0.137. The molecule has 27 heavy (non-hydrogen) atoms. The zero-order chi connectivity index (χ0) is 18.9. The van der Waals surface area contributed by atoms with Gasteiger partial charge >= 0.3 is 6.18 Å². The second-order valence-electron chi connectivity index (χ2n) is 5.78. The Morgan fingerprint density at radius 3 is 2.59 bits per heavy atom. The van der Waals surface area contributed by atoms with Crippen molar-refractivity contribution in [1.82, 2.24) is 10.2 Å². The monoisotopic (exact) mass is 375 g/mol. The van der Waals surface area contributed by atoms with Crippen LogP contribution in [0.15, 0.2) is 64.5 Å². The summed E-state index contributed by atoms with van der Waals surface area (Å²) in [7, 11) is 0. The number of alkyl halides is 3. The fourth-order valence-electron chi connectivity index (χ4n) is 2.61. The summed E-state index contributed by atoms with van der Waals surface area (Å²) in [5.41, 5.74) is 0.563. The van der Waals surface area contributed by atoms with Gasteiger partial charge in [0.15, 0.2) is 6.10 Å². The van der Waals surface area contributed by atoms with Crippen LogP contribution in [-0.2, 0) is 11.0 Å². The topological polar surface area (TPSA) is 69.7 Å². The minimum atomic E-state index is -4.37. The number of benzene rings is 2. The molecule has 9 heteroatoms. The SMILES string of the molecule is FC(F)(F)c1ccc(C2CC(Oc3cccc(-c4nnco4)c3)=NO2)cc1.